The summed E-state index contributed by atoms with van der Waals surface area (Å²) in [5.41, 5.74) is 0.887. The lowest BCUT2D eigenvalue weighted by atomic mass is 10.2. The van der Waals surface area contributed by atoms with Crippen molar-refractivity contribution in [3.63, 3.8) is 0 Å². The van der Waals surface area contributed by atoms with Crippen LogP contribution < -0.4 is 5.32 Å². The molecule has 4 nitrogen and oxygen atoms in total. The van der Waals surface area contributed by atoms with Gasteiger partial charge in [-0.3, -0.25) is 4.98 Å². The van der Waals surface area contributed by atoms with Gasteiger partial charge < -0.3 is 10.2 Å². The lowest BCUT2D eigenvalue weighted by Crippen LogP contribution is -2.40. The van der Waals surface area contributed by atoms with E-state index in [1.807, 2.05) is 36.1 Å². The van der Waals surface area contributed by atoms with E-state index in [0.717, 1.165) is 25.1 Å². The van der Waals surface area contributed by atoms with Crippen molar-refractivity contribution in [2.45, 2.75) is 31.8 Å². The van der Waals surface area contributed by atoms with Gasteiger partial charge in [0.25, 0.3) is 0 Å². The number of carbonyl (C=O) groups excluding carboxylic acids is 1. The zero-order valence-electron chi connectivity index (χ0n) is 12.0. The third-order valence-electron chi connectivity index (χ3n) is 3.86. The lowest BCUT2D eigenvalue weighted by molar-refractivity contribution is 0.190. The van der Waals surface area contributed by atoms with Gasteiger partial charge in [-0.15, -0.1) is 11.3 Å². The van der Waals surface area contributed by atoms with Gasteiger partial charge in [0.05, 0.1) is 17.8 Å². The highest BCUT2D eigenvalue weighted by Gasteiger charge is 2.31. The number of urea groups is 1. The number of nitrogens with one attached hydrogen (secondary N) is 1. The minimum atomic E-state index is -0.0803. The van der Waals surface area contributed by atoms with Crippen molar-refractivity contribution in [3.05, 3.63) is 52.5 Å². The van der Waals surface area contributed by atoms with Crippen LogP contribution in [-0.4, -0.2) is 22.5 Å². The van der Waals surface area contributed by atoms with E-state index in [4.69, 9.17) is 0 Å². The maximum Gasteiger partial charge on any atom is 0.318 e. The maximum absolute atomic E-state index is 12.5. The molecule has 1 saturated heterocycles. The summed E-state index contributed by atoms with van der Waals surface area (Å²) in [5, 5.41) is 5.13. The molecule has 1 aliphatic rings. The monoisotopic (exact) mass is 301 g/mol. The normalized spacial score (nSPS) is 19.5. The van der Waals surface area contributed by atoms with Crippen LogP contribution in [0.5, 0.6) is 0 Å². The minimum absolute atomic E-state index is 0.00375. The van der Waals surface area contributed by atoms with Gasteiger partial charge in [0.1, 0.15) is 0 Å². The Morgan fingerprint density at radius 3 is 3.05 bits per heavy atom. The number of rotatable bonds is 3. The highest BCUT2D eigenvalue weighted by Crippen LogP contribution is 2.34. The van der Waals surface area contributed by atoms with Gasteiger partial charge in [-0.1, -0.05) is 12.1 Å². The molecule has 3 heterocycles. The molecule has 2 atom stereocenters. The van der Waals surface area contributed by atoms with Crippen LogP contribution in [0.15, 0.2) is 41.9 Å². The molecule has 110 valence electrons. The van der Waals surface area contributed by atoms with Gasteiger partial charge >= 0.3 is 6.03 Å². The van der Waals surface area contributed by atoms with Gasteiger partial charge in [0.2, 0.25) is 0 Å². The molecule has 0 aliphatic carbocycles. The molecule has 0 radical (unpaired) electrons. The molecule has 1 fully saturated rings. The molecule has 0 saturated carbocycles. The number of pyridine rings is 1. The Morgan fingerprint density at radius 2 is 2.33 bits per heavy atom. The van der Waals surface area contributed by atoms with Gasteiger partial charge in [-0.05, 0) is 43.3 Å². The van der Waals surface area contributed by atoms with Gasteiger partial charge in [0.15, 0.2) is 0 Å². The summed E-state index contributed by atoms with van der Waals surface area (Å²) in [6.45, 7) is 2.79. The van der Waals surface area contributed by atoms with Crippen LogP contribution in [0, 0.1) is 0 Å². The highest BCUT2D eigenvalue weighted by atomic mass is 32.1. The SMILES string of the molecule is C[C@H](NC(=O)N1CCC[C@@H]1c1cccs1)c1ccccn1. The molecule has 5 heteroatoms. The Kier molecular flexibility index (Phi) is 4.20. The lowest BCUT2D eigenvalue weighted by Gasteiger charge is -2.26. The zero-order chi connectivity index (χ0) is 14.7. The second-order valence-electron chi connectivity index (χ2n) is 5.29. The first-order valence-corrected chi connectivity index (χ1v) is 8.15. The van der Waals surface area contributed by atoms with Crippen LogP contribution in [0.25, 0.3) is 0 Å². The molecule has 0 bridgehead atoms. The van der Waals surface area contributed by atoms with Crippen molar-refractivity contribution >= 4 is 17.4 Å². The first-order chi connectivity index (χ1) is 10.3. The largest absolute Gasteiger partial charge is 0.330 e. The summed E-state index contributed by atoms with van der Waals surface area (Å²) in [4.78, 5) is 20.0. The van der Waals surface area contributed by atoms with Crippen molar-refractivity contribution in [1.29, 1.82) is 0 Å². The van der Waals surface area contributed by atoms with Crippen molar-refractivity contribution in [3.8, 4) is 0 Å². The predicted octanol–water partition coefficient (Wildman–Crippen LogP) is 3.75. The predicted molar refractivity (Wildman–Crippen MR) is 84.2 cm³/mol. The van der Waals surface area contributed by atoms with Gasteiger partial charge in [-0.25, -0.2) is 4.79 Å². The molecule has 0 spiro atoms. The van der Waals surface area contributed by atoms with Gasteiger partial charge in [-0.2, -0.15) is 0 Å². The molecule has 3 rings (SSSR count). The van der Waals surface area contributed by atoms with E-state index in [0.29, 0.717) is 0 Å². The number of likely N-dealkylation sites (tertiary alicyclic amines) is 1. The molecular weight excluding hydrogens is 282 g/mol. The van der Waals surface area contributed by atoms with E-state index < -0.39 is 0 Å². The molecule has 0 aromatic carbocycles. The quantitative estimate of drug-likeness (QED) is 0.938. The second kappa shape index (κ2) is 6.26. The van der Waals surface area contributed by atoms with Crippen LogP contribution in [-0.2, 0) is 0 Å². The number of nitrogens with zero attached hydrogens (tertiary/aromatic N) is 2. The fraction of sp³-hybridized carbons (Fsp3) is 0.375. The summed E-state index contributed by atoms with van der Waals surface area (Å²) in [5.74, 6) is 0. The first kappa shape index (κ1) is 14.1. The number of aromatic nitrogens is 1. The van der Waals surface area contributed by atoms with Crippen LogP contribution in [0.1, 0.15) is 42.4 Å². The van der Waals surface area contributed by atoms with Crippen molar-refractivity contribution in [1.82, 2.24) is 15.2 Å². The molecule has 1 N–H and O–H groups in total. The van der Waals surface area contributed by atoms with E-state index >= 15 is 0 Å². The Balaban J connectivity index is 1.67. The number of amides is 2. The molecule has 0 unspecified atom stereocenters. The number of hydrogen-bond donors (Lipinski definition) is 1. The van der Waals surface area contributed by atoms with Gasteiger partial charge in [0, 0.05) is 17.6 Å². The Labute approximate surface area is 128 Å². The minimum Gasteiger partial charge on any atom is -0.330 e. The van der Waals surface area contributed by atoms with Crippen LogP contribution in [0.2, 0.25) is 0 Å². The standard InChI is InChI=1S/C16H19N3OS/c1-12(13-6-2-3-9-17-13)18-16(20)19-10-4-7-14(19)15-8-5-11-21-15/h2-3,5-6,8-9,11-12,14H,4,7,10H2,1H3,(H,18,20)/t12-,14+/m0/s1. The van der Waals surface area contributed by atoms with Crippen molar-refractivity contribution in [2.75, 3.05) is 6.54 Å². The highest BCUT2D eigenvalue weighted by molar-refractivity contribution is 7.10. The molecule has 2 amide bonds. The van der Waals surface area contributed by atoms with E-state index in [1.165, 1.54) is 4.88 Å². The van der Waals surface area contributed by atoms with Crippen LogP contribution in [0.4, 0.5) is 4.79 Å². The zero-order valence-corrected chi connectivity index (χ0v) is 12.8. The first-order valence-electron chi connectivity index (χ1n) is 7.27. The summed E-state index contributed by atoms with van der Waals surface area (Å²) < 4.78 is 0. The molecule has 1 aliphatic heterocycles. The third-order valence-corrected chi connectivity index (χ3v) is 4.83. The van der Waals surface area contributed by atoms with E-state index in [2.05, 4.69) is 21.7 Å². The Hall–Kier alpha value is -1.88. The van der Waals surface area contributed by atoms with Crippen LogP contribution in [0.3, 0.4) is 0 Å². The Bertz CT molecular complexity index is 585. The summed E-state index contributed by atoms with van der Waals surface area (Å²) in [6, 6.07) is 10.1. The summed E-state index contributed by atoms with van der Waals surface area (Å²) in [7, 11) is 0. The van der Waals surface area contributed by atoms with Crippen molar-refractivity contribution in [2.24, 2.45) is 0 Å². The van der Waals surface area contributed by atoms with Crippen LogP contribution >= 0.6 is 11.3 Å². The number of hydrogen-bond acceptors (Lipinski definition) is 3. The second-order valence-corrected chi connectivity index (χ2v) is 6.27. The average Bonchev–Trinajstić information content (AvgIpc) is 3.18. The topological polar surface area (TPSA) is 45.2 Å². The molecule has 21 heavy (non-hydrogen) atoms. The smallest absolute Gasteiger partial charge is 0.318 e. The van der Waals surface area contributed by atoms with Crippen molar-refractivity contribution < 1.29 is 4.79 Å². The fourth-order valence-electron chi connectivity index (χ4n) is 2.76. The average molecular weight is 301 g/mol. The number of thiophene rings is 1. The Morgan fingerprint density at radius 1 is 1.43 bits per heavy atom. The number of carbonyl (C=O) groups is 1. The summed E-state index contributed by atoms with van der Waals surface area (Å²) >= 11 is 1.72. The fourth-order valence-corrected chi connectivity index (χ4v) is 3.63. The molecule has 2 aromatic rings. The summed E-state index contributed by atoms with van der Waals surface area (Å²) in [6.07, 6.45) is 3.86. The third kappa shape index (κ3) is 3.08. The van der Waals surface area contributed by atoms with E-state index in [-0.39, 0.29) is 18.1 Å². The van der Waals surface area contributed by atoms with E-state index in [1.54, 1.807) is 17.5 Å². The molecule has 2 aromatic heterocycles. The molecular formula is C16H19N3OS. The van der Waals surface area contributed by atoms with E-state index in [9.17, 15) is 4.79 Å². The maximum atomic E-state index is 12.5.